The minimum absolute atomic E-state index is 0.185. The summed E-state index contributed by atoms with van der Waals surface area (Å²) < 4.78 is 0. The van der Waals surface area contributed by atoms with Crippen LogP contribution in [0.3, 0.4) is 0 Å². The lowest BCUT2D eigenvalue weighted by molar-refractivity contribution is -0.134. The fourth-order valence-corrected chi connectivity index (χ4v) is 4.32. The largest absolute Gasteiger partial charge is 0.508 e. The van der Waals surface area contributed by atoms with Crippen LogP contribution in [-0.2, 0) is 24.3 Å². The van der Waals surface area contributed by atoms with Crippen molar-refractivity contribution in [2.75, 3.05) is 13.1 Å². The predicted molar refractivity (Wildman–Crippen MR) is 97.0 cm³/mol. The van der Waals surface area contributed by atoms with Crippen LogP contribution < -0.4 is 5.32 Å². The molecule has 1 amide bonds. The Morgan fingerprint density at radius 3 is 2.80 bits per heavy atom. The van der Waals surface area contributed by atoms with E-state index in [4.69, 9.17) is 0 Å². The second kappa shape index (κ2) is 6.52. The first kappa shape index (κ1) is 16.2. The highest BCUT2D eigenvalue weighted by molar-refractivity contribution is 5.84. The van der Waals surface area contributed by atoms with E-state index in [1.165, 1.54) is 11.1 Å². The molecule has 2 aliphatic heterocycles. The van der Waals surface area contributed by atoms with Gasteiger partial charge in [0, 0.05) is 19.6 Å². The summed E-state index contributed by atoms with van der Waals surface area (Å²) in [7, 11) is 0. The Bertz CT molecular complexity index is 789. The van der Waals surface area contributed by atoms with Crippen molar-refractivity contribution >= 4 is 5.91 Å². The first-order valence-electron chi connectivity index (χ1n) is 9.00. The molecule has 0 bridgehead atoms. The van der Waals surface area contributed by atoms with Gasteiger partial charge in [0.1, 0.15) is 5.75 Å². The molecule has 2 aromatic carbocycles. The van der Waals surface area contributed by atoms with Gasteiger partial charge < -0.3 is 10.4 Å². The highest BCUT2D eigenvalue weighted by Gasteiger charge is 2.43. The van der Waals surface area contributed by atoms with Crippen LogP contribution in [0.5, 0.6) is 5.75 Å². The molecule has 1 unspecified atom stereocenters. The van der Waals surface area contributed by atoms with E-state index in [2.05, 4.69) is 28.4 Å². The number of aromatic hydroxyl groups is 1. The van der Waals surface area contributed by atoms with Gasteiger partial charge in [-0.3, -0.25) is 9.69 Å². The second-order valence-electron chi connectivity index (χ2n) is 7.39. The maximum atomic E-state index is 12.9. The summed E-state index contributed by atoms with van der Waals surface area (Å²) >= 11 is 0. The maximum absolute atomic E-state index is 12.9. The normalized spacial score (nSPS) is 23.8. The first-order valence-corrected chi connectivity index (χ1v) is 9.00. The molecule has 130 valence electrons. The topological polar surface area (TPSA) is 52.6 Å². The number of amides is 1. The van der Waals surface area contributed by atoms with Crippen LogP contribution >= 0.6 is 0 Å². The van der Waals surface area contributed by atoms with Crippen molar-refractivity contribution in [2.24, 2.45) is 5.41 Å². The summed E-state index contributed by atoms with van der Waals surface area (Å²) in [5.74, 6) is 0.481. The minimum atomic E-state index is -0.346. The molecule has 4 heteroatoms. The summed E-state index contributed by atoms with van der Waals surface area (Å²) in [6.07, 6.45) is 2.77. The number of piperidine rings is 1. The molecular formula is C21H24N2O2. The van der Waals surface area contributed by atoms with Crippen LogP contribution in [0, 0.1) is 5.41 Å². The first-order chi connectivity index (χ1) is 12.1. The molecule has 2 aliphatic rings. The Balaban J connectivity index is 1.57. The quantitative estimate of drug-likeness (QED) is 0.887. The van der Waals surface area contributed by atoms with Crippen molar-refractivity contribution in [3.8, 4) is 5.75 Å². The Kier molecular flexibility index (Phi) is 4.22. The van der Waals surface area contributed by atoms with Crippen LogP contribution in [-0.4, -0.2) is 29.0 Å². The van der Waals surface area contributed by atoms with E-state index in [0.717, 1.165) is 44.5 Å². The van der Waals surface area contributed by atoms with E-state index in [0.29, 0.717) is 12.3 Å². The number of carbonyl (C=O) groups excluding carboxylic acids is 1. The Labute approximate surface area is 148 Å². The van der Waals surface area contributed by atoms with E-state index in [9.17, 15) is 9.90 Å². The second-order valence-corrected chi connectivity index (χ2v) is 7.39. The van der Waals surface area contributed by atoms with E-state index in [1.807, 2.05) is 24.3 Å². The van der Waals surface area contributed by atoms with E-state index >= 15 is 0 Å². The Hall–Kier alpha value is -2.33. The molecule has 2 heterocycles. The van der Waals surface area contributed by atoms with Crippen molar-refractivity contribution in [1.82, 2.24) is 10.2 Å². The average Bonchev–Trinajstić information content (AvgIpc) is 2.73. The van der Waals surface area contributed by atoms with Crippen molar-refractivity contribution in [3.05, 3.63) is 65.2 Å². The zero-order chi connectivity index (χ0) is 17.3. The van der Waals surface area contributed by atoms with Crippen LogP contribution in [0.4, 0.5) is 0 Å². The molecule has 4 nitrogen and oxygen atoms in total. The fourth-order valence-electron chi connectivity index (χ4n) is 4.32. The van der Waals surface area contributed by atoms with Gasteiger partial charge in [0.15, 0.2) is 0 Å². The molecule has 1 saturated heterocycles. The van der Waals surface area contributed by atoms with Crippen molar-refractivity contribution in [3.63, 3.8) is 0 Å². The Morgan fingerprint density at radius 1 is 1.12 bits per heavy atom. The number of hydrogen-bond acceptors (Lipinski definition) is 3. The highest BCUT2D eigenvalue weighted by Crippen LogP contribution is 2.37. The van der Waals surface area contributed by atoms with Gasteiger partial charge in [-0.1, -0.05) is 36.4 Å². The van der Waals surface area contributed by atoms with Gasteiger partial charge in [-0.2, -0.15) is 0 Å². The summed E-state index contributed by atoms with van der Waals surface area (Å²) in [5, 5.41) is 12.8. The molecule has 0 saturated carbocycles. The number of hydrogen-bond donors (Lipinski definition) is 2. The third kappa shape index (κ3) is 3.27. The van der Waals surface area contributed by atoms with Crippen LogP contribution in [0.2, 0.25) is 0 Å². The minimum Gasteiger partial charge on any atom is -0.508 e. The zero-order valence-electron chi connectivity index (χ0n) is 14.4. The number of fused-ring (bicyclic) bond motifs is 1. The van der Waals surface area contributed by atoms with Crippen molar-refractivity contribution in [2.45, 2.75) is 32.4 Å². The number of nitrogens with one attached hydrogen (secondary N) is 1. The molecule has 2 aromatic rings. The lowest BCUT2D eigenvalue weighted by Gasteiger charge is -2.41. The number of phenolic OH excluding ortho intramolecular Hbond substituents is 1. The summed E-state index contributed by atoms with van der Waals surface area (Å²) in [4.78, 5) is 15.3. The average molecular weight is 336 g/mol. The molecule has 0 radical (unpaired) electrons. The zero-order valence-corrected chi connectivity index (χ0v) is 14.4. The molecule has 25 heavy (non-hydrogen) atoms. The lowest BCUT2D eigenvalue weighted by atomic mass is 9.74. The molecular weight excluding hydrogens is 312 g/mol. The van der Waals surface area contributed by atoms with Gasteiger partial charge in [-0.15, -0.1) is 0 Å². The molecule has 4 rings (SSSR count). The monoisotopic (exact) mass is 336 g/mol. The molecule has 0 aromatic heterocycles. The Morgan fingerprint density at radius 2 is 1.96 bits per heavy atom. The third-order valence-corrected chi connectivity index (χ3v) is 5.54. The number of rotatable bonds is 2. The van der Waals surface area contributed by atoms with Crippen molar-refractivity contribution < 1.29 is 9.90 Å². The van der Waals surface area contributed by atoms with Crippen LogP contribution in [0.1, 0.15) is 29.5 Å². The molecule has 1 atom stereocenters. The van der Waals surface area contributed by atoms with E-state index in [1.54, 1.807) is 6.07 Å². The van der Waals surface area contributed by atoms with E-state index in [-0.39, 0.29) is 11.3 Å². The summed E-state index contributed by atoms with van der Waals surface area (Å²) in [6, 6.07) is 15.8. The maximum Gasteiger partial charge on any atom is 0.228 e. The lowest BCUT2D eigenvalue weighted by Crippen LogP contribution is -2.51. The molecule has 0 aliphatic carbocycles. The van der Waals surface area contributed by atoms with Gasteiger partial charge in [0.25, 0.3) is 0 Å². The van der Waals surface area contributed by atoms with E-state index < -0.39 is 0 Å². The van der Waals surface area contributed by atoms with Gasteiger partial charge in [-0.25, -0.2) is 0 Å². The highest BCUT2D eigenvalue weighted by atomic mass is 16.3. The third-order valence-electron chi connectivity index (χ3n) is 5.54. The number of carbonyl (C=O) groups is 1. The number of phenols is 1. The van der Waals surface area contributed by atoms with Gasteiger partial charge in [0.05, 0.1) is 5.41 Å². The number of nitrogens with zero attached hydrogens (tertiary/aromatic N) is 1. The predicted octanol–water partition coefficient (Wildman–Crippen LogP) is 2.85. The molecule has 1 fully saturated rings. The number of benzene rings is 2. The SMILES string of the molecule is O=C1NCc2ccccc2CC12CCCN(Cc1cccc(O)c1)C2. The fraction of sp³-hybridized carbons (Fsp3) is 0.381. The van der Waals surface area contributed by atoms with Crippen LogP contribution in [0.25, 0.3) is 0 Å². The van der Waals surface area contributed by atoms with Gasteiger partial charge in [-0.05, 0) is 54.6 Å². The van der Waals surface area contributed by atoms with Crippen LogP contribution in [0.15, 0.2) is 48.5 Å². The standard InChI is InChI=1S/C21H24N2O2/c24-19-8-3-5-16(11-19)14-23-10-4-9-21(15-23)12-17-6-1-2-7-18(17)13-22-20(21)25/h1-3,5-8,11,24H,4,9-10,12-15H2,(H,22,25). The molecule has 2 N–H and O–H groups in total. The summed E-state index contributed by atoms with van der Waals surface area (Å²) in [6.45, 7) is 3.16. The van der Waals surface area contributed by atoms with Gasteiger partial charge >= 0.3 is 0 Å². The smallest absolute Gasteiger partial charge is 0.228 e. The number of likely N-dealkylation sites (tertiary alicyclic amines) is 1. The summed E-state index contributed by atoms with van der Waals surface area (Å²) in [5.41, 5.74) is 3.27. The van der Waals surface area contributed by atoms with Crippen molar-refractivity contribution in [1.29, 1.82) is 0 Å². The molecule has 1 spiro atoms. The van der Waals surface area contributed by atoms with Gasteiger partial charge in [0.2, 0.25) is 5.91 Å².